The van der Waals surface area contributed by atoms with Crippen LogP contribution in [0.15, 0.2) is 73.3 Å². The zero-order valence-electron chi connectivity index (χ0n) is 13.4. The van der Waals surface area contributed by atoms with Gasteiger partial charge in [0, 0.05) is 36.4 Å². The molecule has 0 bridgehead atoms. The molecule has 5 nitrogen and oxygen atoms in total. The van der Waals surface area contributed by atoms with Gasteiger partial charge in [-0.1, -0.05) is 18.2 Å². The normalized spacial score (nSPS) is 12.6. The number of nitrogens with zero attached hydrogens (tertiary/aromatic N) is 5. The smallest absolute Gasteiger partial charge is 0.264 e. The molecule has 6 rings (SSSR count). The summed E-state index contributed by atoms with van der Waals surface area (Å²) in [6, 6.07) is 16.7. The topological polar surface area (TPSA) is 39.0 Å². The molecule has 118 valence electrons. The maximum absolute atomic E-state index is 4.52. The summed E-state index contributed by atoms with van der Waals surface area (Å²) in [6.45, 7) is 0.839. The molecule has 0 saturated carbocycles. The van der Waals surface area contributed by atoms with Gasteiger partial charge in [0.25, 0.3) is 11.5 Å². The van der Waals surface area contributed by atoms with E-state index in [1.54, 1.807) is 0 Å². The number of fused-ring (bicyclic) bond motifs is 7. The monoisotopic (exact) mass is 324 g/mol. The largest absolute Gasteiger partial charge is 0.297 e. The third-order valence-electron chi connectivity index (χ3n) is 4.96. The van der Waals surface area contributed by atoms with Crippen LogP contribution in [0.25, 0.3) is 33.9 Å². The van der Waals surface area contributed by atoms with Crippen molar-refractivity contribution in [2.75, 3.05) is 0 Å². The van der Waals surface area contributed by atoms with E-state index in [4.69, 9.17) is 0 Å². The predicted molar refractivity (Wildman–Crippen MR) is 94.6 cm³/mol. The average molecular weight is 324 g/mol. The minimum Gasteiger partial charge on any atom is -0.264 e. The Balaban J connectivity index is 1.84. The van der Waals surface area contributed by atoms with Gasteiger partial charge in [-0.25, -0.2) is 9.55 Å². The Morgan fingerprint density at radius 2 is 1.92 bits per heavy atom. The molecule has 4 aromatic heterocycles. The zero-order valence-corrected chi connectivity index (χ0v) is 13.4. The summed E-state index contributed by atoms with van der Waals surface area (Å²) in [7, 11) is 0. The van der Waals surface area contributed by atoms with Gasteiger partial charge in [0.1, 0.15) is 17.9 Å². The number of rotatable bonds is 1. The lowest BCUT2D eigenvalue weighted by atomic mass is 10.1. The summed E-state index contributed by atoms with van der Waals surface area (Å²) in [5, 5.41) is 0. The van der Waals surface area contributed by atoms with Gasteiger partial charge in [-0.05, 0) is 24.3 Å². The van der Waals surface area contributed by atoms with Crippen LogP contribution in [0.4, 0.5) is 0 Å². The summed E-state index contributed by atoms with van der Waals surface area (Å²) >= 11 is 0. The van der Waals surface area contributed by atoms with Crippen LogP contribution in [0.2, 0.25) is 0 Å². The molecule has 1 aliphatic rings. The van der Waals surface area contributed by atoms with Crippen molar-refractivity contribution in [3.05, 3.63) is 78.9 Å². The van der Waals surface area contributed by atoms with Crippen molar-refractivity contribution in [2.45, 2.75) is 6.54 Å². The van der Waals surface area contributed by atoms with E-state index in [0.29, 0.717) is 0 Å². The highest BCUT2D eigenvalue weighted by molar-refractivity contribution is 5.83. The fourth-order valence-electron chi connectivity index (χ4n) is 3.92. The fraction of sp³-hybridized carbons (Fsp3) is 0.0500. The Bertz CT molecular complexity index is 1260. The first kappa shape index (κ1) is 12.9. The van der Waals surface area contributed by atoms with Crippen molar-refractivity contribution in [1.29, 1.82) is 0 Å². The van der Waals surface area contributed by atoms with Crippen LogP contribution in [0, 0.1) is 0 Å². The highest BCUT2D eigenvalue weighted by Crippen LogP contribution is 2.34. The van der Waals surface area contributed by atoms with Gasteiger partial charge in [0.2, 0.25) is 0 Å². The van der Waals surface area contributed by atoms with E-state index < -0.39 is 0 Å². The minimum atomic E-state index is 0.839. The SMILES string of the molecule is c1ccc(-n2c3[n+](c4cc5ncccn5c42)Cc2cnccc2-3)cc1. The number of pyridine rings is 1. The molecular weight excluding hydrogens is 310 g/mol. The lowest BCUT2D eigenvalue weighted by molar-refractivity contribution is -0.645. The lowest BCUT2D eigenvalue weighted by Crippen LogP contribution is -2.31. The number of hydrogen-bond donors (Lipinski definition) is 0. The molecule has 25 heavy (non-hydrogen) atoms. The first-order chi connectivity index (χ1) is 12.4. The van der Waals surface area contributed by atoms with Gasteiger partial charge in [0.15, 0.2) is 5.52 Å². The predicted octanol–water partition coefficient (Wildman–Crippen LogP) is 2.99. The lowest BCUT2D eigenvalue weighted by Gasteiger charge is -2.02. The molecule has 0 fully saturated rings. The molecule has 0 saturated heterocycles. The Kier molecular flexibility index (Phi) is 2.34. The van der Waals surface area contributed by atoms with Gasteiger partial charge >= 0.3 is 0 Å². The highest BCUT2D eigenvalue weighted by atomic mass is 15.2. The Hall–Kier alpha value is -3.47. The van der Waals surface area contributed by atoms with Crippen LogP contribution < -0.4 is 4.57 Å². The van der Waals surface area contributed by atoms with E-state index in [-0.39, 0.29) is 0 Å². The summed E-state index contributed by atoms with van der Waals surface area (Å²) in [4.78, 5) is 8.83. The van der Waals surface area contributed by atoms with Crippen molar-refractivity contribution >= 4 is 16.8 Å². The summed E-state index contributed by atoms with van der Waals surface area (Å²) in [5.41, 5.74) is 6.94. The van der Waals surface area contributed by atoms with Crippen LogP contribution in [0.5, 0.6) is 0 Å². The molecule has 0 radical (unpaired) electrons. The van der Waals surface area contributed by atoms with Crippen molar-refractivity contribution < 1.29 is 4.57 Å². The van der Waals surface area contributed by atoms with E-state index >= 15 is 0 Å². The third-order valence-corrected chi connectivity index (χ3v) is 4.96. The molecule has 0 unspecified atom stereocenters. The fourth-order valence-corrected chi connectivity index (χ4v) is 3.92. The standard InChI is InChI=1S/C20H14N5/c1-2-5-15(6-3-1)25-19-16-7-9-21-12-14(16)13-24(19)17-11-18-22-8-4-10-23(18)20(17)25/h1-12H,13H2/q+1. The maximum atomic E-state index is 4.52. The molecule has 0 spiro atoms. The van der Waals surface area contributed by atoms with Crippen LogP contribution in [-0.4, -0.2) is 18.9 Å². The Morgan fingerprint density at radius 3 is 2.84 bits per heavy atom. The molecule has 0 N–H and O–H groups in total. The second kappa shape index (κ2) is 4.54. The molecule has 0 aliphatic carbocycles. The molecule has 0 atom stereocenters. The van der Waals surface area contributed by atoms with Gasteiger partial charge in [-0.15, -0.1) is 0 Å². The van der Waals surface area contributed by atoms with Gasteiger partial charge < -0.3 is 0 Å². The van der Waals surface area contributed by atoms with E-state index in [1.165, 1.54) is 22.5 Å². The van der Waals surface area contributed by atoms with Crippen molar-refractivity contribution in [3.8, 4) is 17.1 Å². The first-order valence-corrected chi connectivity index (χ1v) is 8.31. The van der Waals surface area contributed by atoms with E-state index in [2.05, 4.69) is 66.1 Å². The molecule has 5 aromatic rings. The number of benzene rings is 1. The zero-order chi connectivity index (χ0) is 16.4. The van der Waals surface area contributed by atoms with Crippen LogP contribution in [0.3, 0.4) is 0 Å². The minimum absolute atomic E-state index is 0.839. The van der Waals surface area contributed by atoms with Gasteiger partial charge in [-0.2, -0.15) is 4.57 Å². The van der Waals surface area contributed by atoms with E-state index in [1.807, 2.05) is 30.7 Å². The van der Waals surface area contributed by atoms with Crippen LogP contribution in [-0.2, 0) is 6.54 Å². The van der Waals surface area contributed by atoms with Gasteiger partial charge in [0.05, 0.1) is 5.56 Å². The molecule has 0 amide bonds. The van der Waals surface area contributed by atoms with Gasteiger partial charge in [-0.3, -0.25) is 9.38 Å². The summed E-state index contributed by atoms with van der Waals surface area (Å²) < 4.78 is 6.85. The van der Waals surface area contributed by atoms with Crippen molar-refractivity contribution in [3.63, 3.8) is 0 Å². The number of aromatic nitrogens is 5. The molecule has 1 aliphatic heterocycles. The highest BCUT2D eigenvalue weighted by Gasteiger charge is 2.36. The number of imidazole rings is 1. The van der Waals surface area contributed by atoms with Crippen molar-refractivity contribution in [1.82, 2.24) is 18.9 Å². The molecular formula is C20H14N5+. The third kappa shape index (κ3) is 1.59. The Labute approximate surface area is 143 Å². The first-order valence-electron chi connectivity index (χ1n) is 8.31. The summed E-state index contributed by atoms with van der Waals surface area (Å²) in [5.74, 6) is 1.20. The molecule has 1 aromatic carbocycles. The quantitative estimate of drug-likeness (QED) is 0.436. The maximum Gasteiger partial charge on any atom is 0.297 e. The Morgan fingerprint density at radius 1 is 1.00 bits per heavy atom. The molecule has 5 heterocycles. The van der Waals surface area contributed by atoms with Crippen molar-refractivity contribution in [2.24, 2.45) is 0 Å². The molecule has 5 heteroatoms. The number of para-hydroxylation sites is 1. The van der Waals surface area contributed by atoms with E-state index in [9.17, 15) is 0 Å². The second-order valence-electron chi connectivity index (χ2n) is 6.31. The van der Waals surface area contributed by atoms with E-state index in [0.717, 1.165) is 23.5 Å². The van der Waals surface area contributed by atoms with Crippen LogP contribution >= 0.6 is 0 Å². The average Bonchev–Trinajstić information content (AvgIpc) is 3.30. The number of hydrogen-bond acceptors (Lipinski definition) is 2. The summed E-state index contributed by atoms with van der Waals surface area (Å²) in [6.07, 6.45) is 7.75. The van der Waals surface area contributed by atoms with Crippen LogP contribution in [0.1, 0.15) is 5.56 Å². The second-order valence-corrected chi connectivity index (χ2v) is 6.31.